The molecule has 5 N–H and O–H groups in total. The van der Waals surface area contributed by atoms with Gasteiger partial charge in [-0.1, -0.05) is 0 Å². The number of hydrogen-bond donors (Lipinski definition) is 3. The Balaban J connectivity index is 3.15. The zero-order chi connectivity index (χ0) is 9.14. The number of amides is 1. The summed E-state index contributed by atoms with van der Waals surface area (Å²) < 4.78 is 0. The highest BCUT2D eigenvalue weighted by Gasteiger charge is 2.03. The Morgan fingerprint density at radius 1 is 1.42 bits per heavy atom. The van der Waals surface area contributed by atoms with Gasteiger partial charge in [0.25, 0.3) is 0 Å². The summed E-state index contributed by atoms with van der Waals surface area (Å²) in [6.07, 6.45) is 0. The summed E-state index contributed by atoms with van der Waals surface area (Å²) in [5.41, 5.74) is 11.3. The second-order valence-corrected chi connectivity index (χ2v) is 2.46. The minimum absolute atomic E-state index is 0.00625. The molecule has 0 radical (unpaired) electrons. The fourth-order valence-corrected chi connectivity index (χ4v) is 0.934. The van der Waals surface area contributed by atoms with Crippen molar-refractivity contribution in [2.45, 2.75) is 6.54 Å². The normalized spacial score (nSPS) is 9.75. The molecule has 1 aromatic rings. The van der Waals surface area contributed by atoms with Gasteiger partial charge in [0.05, 0.1) is 0 Å². The van der Waals surface area contributed by atoms with Crippen LogP contribution in [-0.2, 0) is 6.54 Å². The average molecular weight is 166 g/mol. The summed E-state index contributed by atoms with van der Waals surface area (Å²) in [4.78, 5) is 10.7. The first-order valence-electron chi connectivity index (χ1n) is 3.46. The Morgan fingerprint density at radius 2 is 2.08 bits per heavy atom. The van der Waals surface area contributed by atoms with Gasteiger partial charge in [0.2, 0.25) is 5.91 Å². The molecule has 0 aliphatic carbocycles. The summed E-state index contributed by atoms with van der Waals surface area (Å²) in [6.45, 7) is 0.272. The molecule has 1 aromatic carbocycles. The Labute approximate surface area is 69.8 Å². The maximum Gasteiger partial charge on any atom is 0.248 e. The summed E-state index contributed by atoms with van der Waals surface area (Å²) in [5.74, 6) is -0.563. The fraction of sp³-hybridized carbons (Fsp3) is 0.125. The van der Waals surface area contributed by atoms with Gasteiger partial charge in [-0.25, -0.2) is 0 Å². The number of benzene rings is 1. The maximum absolute atomic E-state index is 10.7. The van der Waals surface area contributed by atoms with Crippen molar-refractivity contribution >= 4 is 5.91 Å². The number of carbonyl (C=O) groups excluding carboxylic acids is 1. The van der Waals surface area contributed by atoms with Crippen molar-refractivity contribution in [3.8, 4) is 5.75 Å². The number of primary amides is 1. The SMILES string of the molecule is NCc1cc(O)cc(C(N)=O)c1. The standard InChI is InChI=1S/C8H10N2O2/c9-4-5-1-6(8(10)12)3-7(11)2-5/h1-3,11H,4,9H2,(H2,10,12). The van der Waals surface area contributed by atoms with Crippen LogP contribution in [0.4, 0.5) is 0 Å². The molecule has 64 valence electrons. The van der Waals surface area contributed by atoms with Crippen molar-refractivity contribution in [1.29, 1.82) is 0 Å². The van der Waals surface area contributed by atoms with Gasteiger partial charge < -0.3 is 16.6 Å². The van der Waals surface area contributed by atoms with E-state index in [-0.39, 0.29) is 17.9 Å². The lowest BCUT2D eigenvalue weighted by Gasteiger charge is -2.01. The van der Waals surface area contributed by atoms with Crippen molar-refractivity contribution in [2.75, 3.05) is 0 Å². The number of rotatable bonds is 2. The highest BCUT2D eigenvalue weighted by atomic mass is 16.3. The van der Waals surface area contributed by atoms with Gasteiger partial charge in [-0.05, 0) is 23.8 Å². The maximum atomic E-state index is 10.7. The van der Waals surface area contributed by atoms with Crippen molar-refractivity contribution in [3.63, 3.8) is 0 Å². The highest BCUT2D eigenvalue weighted by molar-refractivity contribution is 5.93. The molecule has 0 saturated carbocycles. The van der Waals surface area contributed by atoms with Gasteiger partial charge in [0.1, 0.15) is 5.75 Å². The molecule has 0 saturated heterocycles. The number of nitrogens with two attached hydrogens (primary N) is 2. The predicted octanol–water partition coefficient (Wildman–Crippen LogP) is -0.0502. The van der Waals surface area contributed by atoms with Crippen LogP contribution in [0.2, 0.25) is 0 Å². The molecular weight excluding hydrogens is 156 g/mol. The summed E-state index contributed by atoms with van der Waals surface area (Å²) >= 11 is 0. The molecule has 1 rings (SSSR count). The van der Waals surface area contributed by atoms with Crippen LogP contribution in [0.25, 0.3) is 0 Å². The van der Waals surface area contributed by atoms with E-state index in [0.29, 0.717) is 5.56 Å². The fourth-order valence-electron chi connectivity index (χ4n) is 0.934. The van der Waals surface area contributed by atoms with Gasteiger partial charge in [0, 0.05) is 12.1 Å². The molecule has 0 spiro atoms. The van der Waals surface area contributed by atoms with E-state index in [1.54, 1.807) is 6.07 Å². The largest absolute Gasteiger partial charge is 0.508 e. The molecule has 0 aliphatic rings. The van der Waals surface area contributed by atoms with Gasteiger partial charge in [-0.2, -0.15) is 0 Å². The molecule has 0 fully saturated rings. The molecule has 0 aliphatic heterocycles. The first-order chi connectivity index (χ1) is 5.63. The molecule has 0 bridgehead atoms. The zero-order valence-electron chi connectivity index (χ0n) is 6.45. The molecule has 0 heterocycles. The monoisotopic (exact) mass is 166 g/mol. The van der Waals surface area contributed by atoms with Crippen LogP contribution in [-0.4, -0.2) is 11.0 Å². The first kappa shape index (κ1) is 8.55. The van der Waals surface area contributed by atoms with Crippen molar-refractivity contribution in [3.05, 3.63) is 29.3 Å². The van der Waals surface area contributed by atoms with E-state index in [9.17, 15) is 4.79 Å². The molecule has 12 heavy (non-hydrogen) atoms. The van der Waals surface area contributed by atoms with Gasteiger partial charge in [0.15, 0.2) is 0 Å². The highest BCUT2D eigenvalue weighted by Crippen LogP contribution is 2.14. The van der Waals surface area contributed by atoms with Crippen LogP contribution in [0, 0.1) is 0 Å². The number of hydrogen-bond acceptors (Lipinski definition) is 3. The Morgan fingerprint density at radius 3 is 2.58 bits per heavy atom. The van der Waals surface area contributed by atoms with E-state index >= 15 is 0 Å². The lowest BCUT2D eigenvalue weighted by atomic mass is 10.1. The first-order valence-corrected chi connectivity index (χ1v) is 3.46. The van der Waals surface area contributed by atoms with E-state index in [1.807, 2.05) is 0 Å². The van der Waals surface area contributed by atoms with E-state index in [0.717, 1.165) is 0 Å². The quantitative estimate of drug-likeness (QED) is 0.575. The van der Waals surface area contributed by atoms with Crippen molar-refractivity contribution < 1.29 is 9.90 Å². The van der Waals surface area contributed by atoms with E-state index in [1.165, 1.54) is 12.1 Å². The summed E-state index contributed by atoms with van der Waals surface area (Å²) in [6, 6.07) is 4.36. The third-order valence-corrected chi connectivity index (χ3v) is 1.50. The minimum atomic E-state index is -0.569. The van der Waals surface area contributed by atoms with Crippen molar-refractivity contribution in [2.24, 2.45) is 11.5 Å². The number of phenols is 1. The molecule has 4 heteroatoms. The summed E-state index contributed by atoms with van der Waals surface area (Å²) in [7, 11) is 0. The topological polar surface area (TPSA) is 89.3 Å². The Bertz CT molecular complexity index is 310. The second kappa shape index (κ2) is 3.23. The van der Waals surface area contributed by atoms with E-state index in [2.05, 4.69) is 0 Å². The molecule has 4 nitrogen and oxygen atoms in total. The second-order valence-electron chi connectivity index (χ2n) is 2.46. The van der Waals surface area contributed by atoms with Crippen LogP contribution in [0.1, 0.15) is 15.9 Å². The minimum Gasteiger partial charge on any atom is -0.508 e. The number of carbonyl (C=O) groups is 1. The van der Waals surface area contributed by atoms with Gasteiger partial charge in [-0.15, -0.1) is 0 Å². The van der Waals surface area contributed by atoms with Crippen LogP contribution in [0.15, 0.2) is 18.2 Å². The lowest BCUT2D eigenvalue weighted by Crippen LogP contribution is -2.11. The third kappa shape index (κ3) is 1.73. The Kier molecular flexibility index (Phi) is 2.30. The molecule has 0 atom stereocenters. The summed E-state index contributed by atoms with van der Waals surface area (Å²) in [5, 5.41) is 9.11. The van der Waals surface area contributed by atoms with E-state index < -0.39 is 5.91 Å². The zero-order valence-corrected chi connectivity index (χ0v) is 6.45. The molecule has 1 amide bonds. The van der Waals surface area contributed by atoms with Crippen LogP contribution < -0.4 is 11.5 Å². The van der Waals surface area contributed by atoms with Crippen molar-refractivity contribution in [1.82, 2.24) is 0 Å². The van der Waals surface area contributed by atoms with E-state index in [4.69, 9.17) is 16.6 Å². The predicted molar refractivity (Wildman–Crippen MR) is 44.5 cm³/mol. The van der Waals surface area contributed by atoms with Crippen LogP contribution in [0.5, 0.6) is 5.75 Å². The van der Waals surface area contributed by atoms with Crippen LogP contribution >= 0.6 is 0 Å². The van der Waals surface area contributed by atoms with Gasteiger partial charge in [-0.3, -0.25) is 4.79 Å². The lowest BCUT2D eigenvalue weighted by molar-refractivity contribution is 0.1000. The number of phenolic OH excluding ortho intramolecular Hbond substituents is 1. The van der Waals surface area contributed by atoms with Crippen LogP contribution in [0.3, 0.4) is 0 Å². The Hall–Kier alpha value is -1.55. The smallest absolute Gasteiger partial charge is 0.248 e. The van der Waals surface area contributed by atoms with Gasteiger partial charge >= 0.3 is 0 Å². The molecule has 0 unspecified atom stereocenters. The average Bonchev–Trinajstić information content (AvgIpc) is 2.03. The number of aromatic hydroxyl groups is 1. The molecular formula is C8H10N2O2. The molecule has 0 aromatic heterocycles. The third-order valence-electron chi connectivity index (χ3n) is 1.50.